The summed E-state index contributed by atoms with van der Waals surface area (Å²) < 4.78 is 0. The molecule has 6 heteroatoms. The number of non-ortho nitro benzene ring substituents is 1. The molecule has 0 aromatic heterocycles. The van der Waals surface area contributed by atoms with Gasteiger partial charge in [0, 0.05) is 23.1 Å². The average molecular weight is 375 g/mol. The van der Waals surface area contributed by atoms with E-state index in [1.807, 2.05) is 0 Å². The topological polar surface area (TPSA) is 72.2 Å². The van der Waals surface area contributed by atoms with Crippen molar-refractivity contribution in [1.82, 2.24) is 5.32 Å². The highest BCUT2D eigenvalue weighted by Gasteiger charge is 2.53. The standard InChI is InChI=1S/C20H26N2O3S/c1-13(20-9-14-6-15(10-20)8-16(7-14)11-20)21-19(23)12-26-18-4-2-17(3-5-18)22(24)25/h2-5,13-16H,6-12H2,1H3,(H,21,23)/t13-,14?,15?,16?,20?/m1/s1. The normalized spacial score (nSPS) is 33.0. The van der Waals surface area contributed by atoms with Gasteiger partial charge in [0.25, 0.3) is 5.69 Å². The molecule has 4 aliphatic rings. The molecular weight excluding hydrogens is 348 g/mol. The molecule has 0 unspecified atom stereocenters. The zero-order valence-electron chi connectivity index (χ0n) is 15.1. The van der Waals surface area contributed by atoms with Crippen molar-refractivity contribution in [1.29, 1.82) is 0 Å². The monoisotopic (exact) mass is 374 g/mol. The second kappa shape index (κ2) is 6.87. The molecule has 5 nitrogen and oxygen atoms in total. The zero-order chi connectivity index (χ0) is 18.3. The van der Waals surface area contributed by atoms with E-state index in [2.05, 4.69) is 12.2 Å². The fourth-order valence-corrected chi connectivity index (χ4v) is 6.67. The number of thioether (sulfide) groups is 1. The number of carbonyl (C=O) groups excluding carboxylic acids is 1. The van der Waals surface area contributed by atoms with Crippen LogP contribution < -0.4 is 5.32 Å². The highest BCUT2D eigenvalue weighted by molar-refractivity contribution is 8.00. The summed E-state index contributed by atoms with van der Waals surface area (Å²) >= 11 is 1.43. The largest absolute Gasteiger partial charge is 0.352 e. The molecule has 4 aliphatic carbocycles. The van der Waals surface area contributed by atoms with Crippen LogP contribution in [0.15, 0.2) is 29.2 Å². The first-order valence-corrected chi connectivity index (χ1v) is 10.6. The lowest BCUT2D eigenvalue weighted by Crippen LogP contribution is -2.56. The van der Waals surface area contributed by atoms with Gasteiger partial charge >= 0.3 is 0 Å². The van der Waals surface area contributed by atoms with Crippen LogP contribution in [0.4, 0.5) is 5.69 Å². The van der Waals surface area contributed by atoms with Gasteiger partial charge in [0.2, 0.25) is 5.91 Å². The summed E-state index contributed by atoms with van der Waals surface area (Å²) in [6, 6.07) is 6.62. The lowest BCUT2D eigenvalue weighted by atomic mass is 9.48. The fourth-order valence-electron chi connectivity index (χ4n) is 5.96. The van der Waals surface area contributed by atoms with Gasteiger partial charge < -0.3 is 5.32 Å². The first-order chi connectivity index (χ1) is 12.4. The van der Waals surface area contributed by atoms with Crippen molar-refractivity contribution >= 4 is 23.4 Å². The Balaban J connectivity index is 1.31. The lowest BCUT2D eigenvalue weighted by molar-refractivity contribution is -0.384. The Bertz CT molecular complexity index is 668. The van der Waals surface area contributed by atoms with Crippen molar-refractivity contribution in [2.45, 2.75) is 56.4 Å². The van der Waals surface area contributed by atoms with Crippen molar-refractivity contribution in [3.63, 3.8) is 0 Å². The predicted octanol–water partition coefficient (Wildman–Crippen LogP) is 4.41. The van der Waals surface area contributed by atoms with Crippen LogP contribution in [0.1, 0.15) is 45.4 Å². The van der Waals surface area contributed by atoms with E-state index in [0.717, 1.165) is 22.6 Å². The van der Waals surface area contributed by atoms with Gasteiger partial charge in [0.15, 0.2) is 0 Å². The van der Waals surface area contributed by atoms with Crippen molar-refractivity contribution in [3.8, 4) is 0 Å². The van der Waals surface area contributed by atoms with Crippen LogP contribution in [0.2, 0.25) is 0 Å². The number of nitro benzene ring substituents is 1. The summed E-state index contributed by atoms with van der Waals surface area (Å²) in [6.45, 7) is 2.20. The summed E-state index contributed by atoms with van der Waals surface area (Å²) in [4.78, 5) is 23.6. The van der Waals surface area contributed by atoms with Crippen molar-refractivity contribution < 1.29 is 9.72 Å². The Labute approximate surface area is 158 Å². The maximum absolute atomic E-state index is 12.5. The Morgan fingerprint density at radius 1 is 1.19 bits per heavy atom. The van der Waals surface area contributed by atoms with Crippen molar-refractivity contribution in [2.75, 3.05) is 5.75 Å². The third-order valence-corrected chi connectivity index (χ3v) is 7.81. The molecular formula is C20H26N2O3S. The van der Waals surface area contributed by atoms with Crippen molar-refractivity contribution in [3.05, 3.63) is 34.4 Å². The second-order valence-electron chi connectivity index (χ2n) is 8.61. The maximum atomic E-state index is 12.5. The molecule has 26 heavy (non-hydrogen) atoms. The Hall–Kier alpha value is -1.56. The summed E-state index contributed by atoms with van der Waals surface area (Å²) in [5.41, 5.74) is 0.400. The SMILES string of the molecule is C[C@@H](NC(=O)CSc1ccc([N+](=O)[O-])cc1)C12CC3CC(CC(C3)C1)C2. The van der Waals surface area contributed by atoms with Gasteiger partial charge in [-0.2, -0.15) is 0 Å². The average Bonchev–Trinajstić information content (AvgIpc) is 2.59. The van der Waals surface area contributed by atoms with E-state index in [1.165, 1.54) is 62.4 Å². The third-order valence-electron chi connectivity index (χ3n) is 6.80. The molecule has 4 bridgehead atoms. The van der Waals surface area contributed by atoms with E-state index in [4.69, 9.17) is 0 Å². The molecule has 1 amide bonds. The number of nitrogens with one attached hydrogen (secondary N) is 1. The van der Waals surface area contributed by atoms with E-state index < -0.39 is 4.92 Å². The van der Waals surface area contributed by atoms with Gasteiger partial charge in [0.1, 0.15) is 0 Å². The number of nitrogens with zero attached hydrogens (tertiary/aromatic N) is 1. The molecule has 5 rings (SSSR count). The van der Waals surface area contributed by atoms with Crippen molar-refractivity contribution in [2.24, 2.45) is 23.2 Å². The van der Waals surface area contributed by atoms with Gasteiger partial charge in [-0.15, -0.1) is 11.8 Å². The first-order valence-electron chi connectivity index (χ1n) is 9.60. The fraction of sp³-hybridized carbons (Fsp3) is 0.650. The molecule has 0 aliphatic heterocycles. The number of hydrogen-bond donors (Lipinski definition) is 1. The van der Waals surface area contributed by atoms with E-state index in [-0.39, 0.29) is 17.6 Å². The van der Waals surface area contributed by atoms with Gasteiger partial charge in [-0.05, 0) is 80.8 Å². The number of rotatable bonds is 6. The van der Waals surface area contributed by atoms with E-state index >= 15 is 0 Å². The number of amides is 1. The maximum Gasteiger partial charge on any atom is 0.269 e. The lowest BCUT2D eigenvalue weighted by Gasteiger charge is -2.59. The Kier molecular flexibility index (Phi) is 4.71. The van der Waals surface area contributed by atoms with Gasteiger partial charge in [-0.1, -0.05) is 0 Å². The van der Waals surface area contributed by atoms with E-state index in [9.17, 15) is 14.9 Å². The minimum absolute atomic E-state index is 0.0663. The molecule has 4 saturated carbocycles. The van der Waals surface area contributed by atoms with E-state index in [0.29, 0.717) is 11.2 Å². The summed E-state index contributed by atoms with van der Waals surface area (Å²) in [5, 5.41) is 14.0. The van der Waals surface area contributed by atoms with Crippen LogP contribution in [0.5, 0.6) is 0 Å². The smallest absolute Gasteiger partial charge is 0.269 e. The summed E-state index contributed by atoms with van der Waals surface area (Å²) in [5.74, 6) is 3.07. The van der Waals surface area contributed by atoms with Crippen LogP contribution in [0.25, 0.3) is 0 Å². The number of benzene rings is 1. The van der Waals surface area contributed by atoms with Crippen LogP contribution in [-0.2, 0) is 4.79 Å². The second-order valence-corrected chi connectivity index (χ2v) is 9.66. The molecule has 1 aromatic rings. The Morgan fingerprint density at radius 3 is 2.23 bits per heavy atom. The van der Waals surface area contributed by atoms with Crippen LogP contribution >= 0.6 is 11.8 Å². The zero-order valence-corrected chi connectivity index (χ0v) is 16.0. The molecule has 0 radical (unpaired) electrons. The van der Waals surface area contributed by atoms with Crippen LogP contribution in [0.3, 0.4) is 0 Å². The summed E-state index contributed by atoms with van der Waals surface area (Å²) in [7, 11) is 0. The third kappa shape index (κ3) is 3.48. The predicted molar refractivity (Wildman–Crippen MR) is 102 cm³/mol. The highest BCUT2D eigenvalue weighted by Crippen LogP contribution is 2.61. The minimum atomic E-state index is -0.408. The highest BCUT2D eigenvalue weighted by atomic mass is 32.2. The molecule has 1 aromatic carbocycles. The van der Waals surface area contributed by atoms with Gasteiger partial charge in [0.05, 0.1) is 10.7 Å². The van der Waals surface area contributed by atoms with Gasteiger partial charge in [-0.3, -0.25) is 14.9 Å². The number of carbonyl (C=O) groups is 1. The summed E-state index contributed by atoms with van der Waals surface area (Å²) in [6.07, 6.45) is 8.10. The molecule has 140 valence electrons. The van der Waals surface area contributed by atoms with Crippen LogP contribution in [-0.4, -0.2) is 22.6 Å². The first kappa shape index (κ1) is 17.8. The quantitative estimate of drug-likeness (QED) is 0.455. The molecule has 1 atom stereocenters. The molecule has 4 fully saturated rings. The molecule has 1 N–H and O–H groups in total. The van der Waals surface area contributed by atoms with Crippen LogP contribution in [0, 0.1) is 33.3 Å². The molecule has 0 spiro atoms. The number of nitro groups is 1. The Morgan fingerprint density at radius 2 is 1.73 bits per heavy atom. The van der Waals surface area contributed by atoms with E-state index in [1.54, 1.807) is 12.1 Å². The number of hydrogen-bond acceptors (Lipinski definition) is 4. The minimum Gasteiger partial charge on any atom is -0.352 e. The molecule has 0 saturated heterocycles. The van der Waals surface area contributed by atoms with Gasteiger partial charge in [-0.25, -0.2) is 0 Å². The molecule has 0 heterocycles.